The third-order valence-corrected chi connectivity index (χ3v) is 6.38. The van der Waals surface area contributed by atoms with Crippen molar-refractivity contribution in [2.75, 3.05) is 25.1 Å². The molecule has 8 heteroatoms. The lowest BCUT2D eigenvalue weighted by Crippen LogP contribution is -2.40. The number of ether oxygens (including phenoxy) is 2. The van der Waals surface area contributed by atoms with Crippen LogP contribution in [0.2, 0.25) is 0 Å². The van der Waals surface area contributed by atoms with Gasteiger partial charge in [-0.2, -0.15) is 0 Å². The second kappa shape index (κ2) is 9.99. The quantitative estimate of drug-likeness (QED) is 0.552. The van der Waals surface area contributed by atoms with Crippen LogP contribution in [0, 0.1) is 0 Å². The van der Waals surface area contributed by atoms with E-state index in [1.165, 1.54) is 32.4 Å². The van der Waals surface area contributed by atoms with E-state index in [1.807, 2.05) is 30.3 Å². The lowest BCUT2D eigenvalue weighted by atomic mass is 10.2. The molecule has 0 atom stereocenters. The van der Waals surface area contributed by atoms with Gasteiger partial charge in [-0.05, 0) is 29.8 Å². The Balaban J connectivity index is 1.89. The van der Waals surface area contributed by atoms with Gasteiger partial charge in [0.05, 0.1) is 24.8 Å². The minimum Gasteiger partial charge on any atom is -0.493 e. The van der Waals surface area contributed by atoms with Gasteiger partial charge in [-0.1, -0.05) is 48.5 Å². The summed E-state index contributed by atoms with van der Waals surface area (Å²) in [5, 5.41) is 2.77. The number of hydrogen-bond acceptors (Lipinski definition) is 5. The van der Waals surface area contributed by atoms with Crippen molar-refractivity contribution in [2.24, 2.45) is 0 Å². The normalized spacial score (nSPS) is 10.9. The third-order valence-electron chi connectivity index (χ3n) is 4.61. The summed E-state index contributed by atoms with van der Waals surface area (Å²) in [6.45, 7) is -0.0633. The van der Waals surface area contributed by atoms with Crippen LogP contribution in [-0.2, 0) is 21.4 Å². The molecule has 3 aromatic rings. The molecular formula is C23H24N2O5S. The van der Waals surface area contributed by atoms with E-state index in [9.17, 15) is 13.2 Å². The first kappa shape index (κ1) is 22.2. The van der Waals surface area contributed by atoms with Crippen molar-refractivity contribution in [3.63, 3.8) is 0 Å². The summed E-state index contributed by atoms with van der Waals surface area (Å²) < 4.78 is 38.4. The van der Waals surface area contributed by atoms with Gasteiger partial charge in [0.2, 0.25) is 5.91 Å². The Morgan fingerprint density at radius 1 is 0.871 bits per heavy atom. The number of carbonyl (C=O) groups excluding carboxylic acids is 1. The van der Waals surface area contributed by atoms with E-state index >= 15 is 0 Å². The molecule has 0 fully saturated rings. The minimum atomic E-state index is -4.05. The third kappa shape index (κ3) is 5.35. The van der Waals surface area contributed by atoms with Crippen LogP contribution in [0.5, 0.6) is 11.5 Å². The first-order valence-electron chi connectivity index (χ1n) is 9.56. The summed E-state index contributed by atoms with van der Waals surface area (Å²) in [7, 11) is -1.15. The largest absolute Gasteiger partial charge is 0.493 e. The van der Waals surface area contributed by atoms with Crippen molar-refractivity contribution in [2.45, 2.75) is 11.4 Å². The van der Waals surface area contributed by atoms with Gasteiger partial charge in [-0.3, -0.25) is 9.10 Å². The van der Waals surface area contributed by atoms with Crippen LogP contribution < -0.4 is 19.1 Å². The molecular weight excluding hydrogens is 416 g/mol. The number of nitrogens with one attached hydrogen (secondary N) is 1. The highest BCUT2D eigenvalue weighted by Gasteiger charge is 2.28. The van der Waals surface area contributed by atoms with Crippen molar-refractivity contribution < 1.29 is 22.7 Å². The van der Waals surface area contributed by atoms with Crippen molar-refractivity contribution in [1.29, 1.82) is 0 Å². The summed E-state index contributed by atoms with van der Waals surface area (Å²) in [5.41, 5.74) is 1.30. The highest BCUT2D eigenvalue weighted by molar-refractivity contribution is 7.92. The number of sulfonamides is 1. The van der Waals surface area contributed by atoms with E-state index in [2.05, 4.69) is 5.32 Å². The second-order valence-electron chi connectivity index (χ2n) is 6.63. The zero-order valence-corrected chi connectivity index (χ0v) is 18.1. The minimum absolute atomic E-state index is 0.00939. The number of carbonyl (C=O) groups is 1. The smallest absolute Gasteiger partial charge is 0.264 e. The zero-order valence-electron chi connectivity index (χ0n) is 17.3. The van der Waals surface area contributed by atoms with Crippen LogP contribution in [-0.4, -0.2) is 35.1 Å². The molecule has 0 unspecified atom stereocenters. The van der Waals surface area contributed by atoms with Gasteiger partial charge < -0.3 is 14.8 Å². The average molecular weight is 441 g/mol. The van der Waals surface area contributed by atoms with Crippen molar-refractivity contribution in [1.82, 2.24) is 5.32 Å². The topological polar surface area (TPSA) is 84.9 Å². The Morgan fingerprint density at radius 3 is 2.10 bits per heavy atom. The van der Waals surface area contributed by atoms with Crippen molar-refractivity contribution in [3.8, 4) is 11.5 Å². The van der Waals surface area contributed by atoms with Crippen LogP contribution in [0.4, 0.5) is 5.69 Å². The molecule has 1 N–H and O–H groups in total. The molecule has 0 aromatic heterocycles. The number of benzene rings is 3. The van der Waals surface area contributed by atoms with Gasteiger partial charge in [0, 0.05) is 12.6 Å². The lowest BCUT2D eigenvalue weighted by molar-refractivity contribution is -0.119. The molecule has 31 heavy (non-hydrogen) atoms. The lowest BCUT2D eigenvalue weighted by Gasteiger charge is -2.24. The predicted molar refractivity (Wildman–Crippen MR) is 119 cm³/mol. The summed E-state index contributed by atoms with van der Waals surface area (Å²) in [6, 6.07) is 22.2. The number of nitrogens with zero attached hydrogens (tertiary/aromatic N) is 1. The number of methoxy groups -OCH3 is 2. The SMILES string of the molecule is COc1ccc(S(=O)(=O)N(CC(=O)NCc2ccccc2)c2ccccc2)cc1OC. The Morgan fingerprint density at radius 2 is 1.48 bits per heavy atom. The van der Waals surface area contributed by atoms with Gasteiger partial charge >= 0.3 is 0 Å². The number of anilines is 1. The van der Waals surface area contributed by atoms with Crippen molar-refractivity contribution in [3.05, 3.63) is 84.4 Å². The second-order valence-corrected chi connectivity index (χ2v) is 8.49. The van der Waals surface area contributed by atoms with Crippen molar-refractivity contribution >= 4 is 21.6 Å². The number of rotatable bonds is 9. The molecule has 0 radical (unpaired) electrons. The van der Waals surface area contributed by atoms with Crippen LogP contribution in [0.3, 0.4) is 0 Å². The van der Waals surface area contributed by atoms with E-state index in [-0.39, 0.29) is 17.2 Å². The summed E-state index contributed by atoms with van der Waals surface area (Å²) in [5.74, 6) is 0.273. The van der Waals surface area contributed by atoms with E-state index in [4.69, 9.17) is 9.47 Å². The Hall–Kier alpha value is -3.52. The van der Waals surface area contributed by atoms with Gasteiger partial charge in [-0.15, -0.1) is 0 Å². The van der Waals surface area contributed by atoms with E-state index in [0.29, 0.717) is 18.0 Å². The molecule has 3 rings (SSSR count). The number of amides is 1. The zero-order chi connectivity index (χ0) is 22.3. The van der Waals surface area contributed by atoms with E-state index in [1.54, 1.807) is 30.3 Å². The van der Waals surface area contributed by atoms with Gasteiger partial charge in [-0.25, -0.2) is 8.42 Å². The molecule has 0 aliphatic heterocycles. The molecule has 0 saturated heterocycles. The molecule has 0 aliphatic carbocycles. The number of hydrogen-bond donors (Lipinski definition) is 1. The fraction of sp³-hybridized carbons (Fsp3) is 0.174. The monoisotopic (exact) mass is 440 g/mol. The predicted octanol–water partition coefficient (Wildman–Crippen LogP) is 3.22. The van der Waals surface area contributed by atoms with Gasteiger partial charge in [0.25, 0.3) is 10.0 Å². The molecule has 0 spiro atoms. The summed E-state index contributed by atoms with van der Waals surface area (Å²) in [6.07, 6.45) is 0. The van der Waals surface area contributed by atoms with E-state index in [0.717, 1.165) is 9.87 Å². The fourth-order valence-electron chi connectivity index (χ4n) is 3.00. The molecule has 0 saturated carbocycles. The van der Waals surface area contributed by atoms with Crippen LogP contribution in [0.15, 0.2) is 83.8 Å². The Labute approximate surface area is 182 Å². The first-order valence-corrected chi connectivity index (χ1v) is 11.0. The Bertz CT molecular complexity index is 1120. The first-order chi connectivity index (χ1) is 15.0. The van der Waals surface area contributed by atoms with E-state index < -0.39 is 15.9 Å². The van der Waals surface area contributed by atoms with Crippen LogP contribution >= 0.6 is 0 Å². The molecule has 162 valence electrons. The standard InChI is InChI=1S/C23H24N2O5S/c1-29-21-14-13-20(15-22(21)30-2)31(27,28)25(19-11-7-4-8-12-19)17-23(26)24-16-18-9-5-3-6-10-18/h3-15H,16-17H2,1-2H3,(H,24,26). The maximum Gasteiger partial charge on any atom is 0.264 e. The molecule has 7 nitrogen and oxygen atoms in total. The molecule has 0 heterocycles. The van der Waals surface area contributed by atoms with Crippen LogP contribution in [0.1, 0.15) is 5.56 Å². The maximum absolute atomic E-state index is 13.5. The average Bonchev–Trinajstić information content (AvgIpc) is 2.81. The number of para-hydroxylation sites is 1. The highest BCUT2D eigenvalue weighted by Crippen LogP contribution is 2.32. The molecule has 1 amide bonds. The molecule has 3 aromatic carbocycles. The summed E-state index contributed by atoms with van der Waals surface area (Å²) >= 11 is 0. The van der Waals surface area contributed by atoms with Gasteiger partial charge in [0.1, 0.15) is 6.54 Å². The van der Waals surface area contributed by atoms with Gasteiger partial charge in [0.15, 0.2) is 11.5 Å². The molecule has 0 bridgehead atoms. The van der Waals surface area contributed by atoms with Crippen LogP contribution in [0.25, 0.3) is 0 Å². The Kier molecular flexibility index (Phi) is 7.15. The maximum atomic E-state index is 13.5. The highest BCUT2D eigenvalue weighted by atomic mass is 32.2. The summed E-state index contributed by atoms with van der Waals surface area (Å²) in [4.78, 5) is 12.6. The fourth-order valence-corrected chi connectivity index (χ4v) is 4.43. The molecule has 0 aliphatic rings.